The lowest BCUT2D eigenvalue weighted by molar-refractivity contribution is 0.0773. The molecular formula is C21H26N2O5S. The fourth-order valence-electron chi connectivity index (χ4n) is 3.22. The molecule has 7 nitrogen and oxygen atoms in total. The Morgan fingerprint density at radius 1 is 1.07 bits per heavy atom. The van der Waals surface area contributed by atoms with Gasteiger partial charge in [0, 0.05) is 25.7 Å². The third-order valence-electron chi connectivity index (χ3n) is 4.88. The molecule has 29 heavy (non-hydrogen) atoms. The quantitative estimate of drug-likeness (QED) is 0.659. The second kappa shape index (κ2) is 9.28. The molecule has 0 N–H and O–H groups in total. The summed E-state index contributed by atoms with van der Waals surface area (Å²) in [5, 5.41) is 0. The molecule has 2 aromatic rings. The molecule has 8 heteroatoms. The van der Waals surface area contributed by atoms with Gasteiger partial charge in [0.1, 0.15) is 6.61 Å². The second-order valence-corrected chi connectivity index (χ2v) is 8.80. The van der Waals surface area contributed by atoms with Gasteiger partial charge in [-0.2, -0.15) is 4.31 Å². The Kier molecular flexibility index (Phi) is 6.76. The van der Waals surface area contributed by atoms with E-state index in [1.807, 2.05) is 12.1 Å². The molecule has 1 aliphatic heterocycles. The number of likely N-dealkylation sites (N-methyl/N-ethyl adjacent to an activating group) is 1. The molecule has 0 unspecified atom stereocenters. The topological polar surface area (TPSA) is 76.1 Å². The first kappa shape index (κ1) is 21.1. The number of amides is 1. The van der Waals surface area contributed by atoms with Crippen LogP contribution in [0.1, 0.15) is 23.2 Å². The number of carbonyl (C=O) groups excluding carboxylic acids is 1. The molecule has 0 atom stereocenters. The minimum absolute atomic E-state index is 0.156. The van der Waals surface area contributed by atoms with E-state index in [1.54, 1.807) is 38.4 Å². The molecule has 1 saturated heterocycles. The first-order valence-electron chi connectivity index (χ1n) is 9.55. The van der Waals surface area contributed by atoms with Gasteiger partial charge in [0.2, 0.25) is 10.0 Å². The number of nitrogens with zero attached hydrogens (tertiary/aromatic N) is 2. The van der Waals surface area contributed by atoms with Crippen LogP contribution in [0.2, 0.25) is 0 Å². The summed E-state index contributed by atoms with van der Waals surface area (Å²) in [5.41, 5.74) is 0.338. The van der Waals surface area contributed by atoms with E-state index >= 15 is 0 Å². The van der Waals surface area contributed by atoms with Crippen LogP contribution in [-0.2, 0) is 10.0 Å². The Morgan fingerprint density at radius 3 is 2.45 bits per heavy atom. The van der Waals surface area contributed by atoms with Gasteiger partial charge in [-0.1, -0.05) is 18.2 Å². The van der Waals surface area contributed by atoms with Crippen LogP contribution in [0.3, 0.4) is 0 Å². The number of hydrogen-bond acceptors (Lipinski definition) is 5. The number of carbonyl (C=O) groups is 1. The number of benzene rings is 2. The summed E-state index contributed by atoms with van der Waals surface area (Å²) in [7, 11) is -0.324. The molecule has 0 bridgehead atoms. The minimum atomic E-state index is -3.56. The summed E-state index contributed by atoms with van der Waals surface area (Å²) in [6.45, 7) is 1.69. The lowest BCUT2D eigenvalue weighted by atomic mass is 10.2. The molecule has 1 heterocycles. The van der Waals surface area contributed by atoms with E-state index in [1.165, 1.54) is 21.3 Å². The third kappa shape index (κ3) is 4.89. The van der Waals surface area contributed by atoms with Crippen LogP contribution in [0.5, 0.6) is 11.5 Å². The summed E-state index contributed by atoms with van der Waals surface area (Å²) in [4.78, 5) is 14.4. The van der Waals surface area contributed by atoms with E-state index < -0.39 is 10.0 Å². The van der Waals surface area contributed by atoms with Gasteiger partial charge in [0.25, 0.3) is 5.91 Å². The smallest absolute Gasteiger partial charge is 0.253 e. The lowest BCUT2D eigenvalue weighted by Crippen LogP contribution is -2.31. The Bertz CT molecular complexity index is 955. The maximum atomic E-state index is 12.7. The van der Waals surface area contributed by atoms with Crippen LogP contribution < -0.4 is 9.47 Å². The van der Waals surface area contributed by atoms with Gasteiger partial charge in [-0.3, -0.25) is 4.79 Å². The molecule has 3 rings (SSSR count). The van der Waals surface area contributed by atoms with Crippen LogP contribution in [0, 0.1) is 0 Å². The molecule has 0 saturated carbocycles. The van der Waals surface area contributed by atoms with E-state index in [-0.39, 0.29) is 17.4 Å². The van der Waals surface area contributed by atoms with Crippen LogP contribution in [0.15, 0.2) is 53.4 Å². The summed E-state index contributed by atoms with van der Waals surface area (Å²) in [6, 6.07) is 13.5. The summed E-state index contributed by atoms with van der Waals surface area (Å²) >= 11 is 0. The van der Waals surface area contributed by atoms with Crippen molar-refractivity contribution in [1.29, 1.82) is 0 Å². The van der Waals surface area contributed by atoms with Crippen molar-refractivity contribution >= 4 is 15.9 Å². The first-order valence-corrected chi connectivity index (χ1v) is 11.0. The van der Waals surface area contributed by atoms with Gasteiger partial charge in [-0.25, -0.2) is 8.42 Å². The predicted molar refractivity (Wildman–Crippen MR) is 110 cm³/mol. The highest BCUT2D eigenvalue weighted by Crippen LogP contribution is 2.26. The van der Waals surface area contributed by atoms with Crippen molar-refractivity contribution in [2.75, 3.05) is 40.4 Å². The monoisotopic (exact) mass is 418 g/mol. The van der Waals surface area contributed by atoms with Crippen molar-refractivity contribution < 1.29 is 22.7 Å². The Balaban J connectivity index is 1.64. The van der Waals surface area contributed by atoms with Gasteiger partial charge in [0.15, 0.2) is 11.5 Å². The number of para-hydroxylation sites is 2. The Morgan fingerprint density at radius 2 is 1.76 bits per heavy atom. The first-order chi connectivity index (χ1) is 13.9. The SMILES string of the molecule is COc1ccccc1OCCN(C)C(=O)c1cccc(S(=O)(=O)N2CCCC2)c1. The van der Waals surface area contributed by atoms with E-state index in [9.17, 15) is 13.2 Å². The molecular weight excluding hydrogens is 392 g/mol. The molecule has 0 aliphatic carbocycles. The zero-order valence-electron chi connectivity index (χ0n) is 16.7. The number of ether oxygens (including phenoxy) is 2. The van der Waals surface area contributed by atoms with Crippen LogP contribution in [0.4, 0.5) is 0 Å². The van der Waals surface area contributed by atoms with Crippen molar-refractivity contribution in [2.45, 2.75) is 17.7 Å². The van der Waals surface area contributed by atoms with Crippen LogP contribution in [-0.4, -0.2) is 63.9 Å². The second-order valence-electron chi connectivity index (χ2n) is 6.87. The van der Waals surface area contributed by atoms with Crippen molar-refractivity contribution in [2.24, 2.45) is 0 Å². The van der Waals surface area contributed by atoms with Gasteiger partial charge in [-0.05, 0) is 43.2 Å². The van der Waals surface area contributed by atoms with E-state index in [2.05, 4.69) is 0 Å². The average Bonchev–Trinajstić information content (AvgIpc) is 3.29. The van der Waals surface area contributed by atoms with Crippen molar-refractivity contribution in [3.63, 3.8) is 0 Å². The highest BCUT2D eigenvalue weighted by molar-refractivity contribution is 7.89. The minimum Gasteiger partial charge on any atom is -0.493 e. The summed E-state index contributed by atoms with van der Waals surface area (Å²) in [6.07, 6.45) is 1.74. The Hall–Kier alpha value is -2.58. The Labute approximate surface area is 171 Å². The number of methoxy groups -OCH3 is 1. The molecule has 0 spiro atoms. The molecule has 1 amide bonds. The van der Waals surface area contributed by atoms with Crippen molar-refractivity contribution in [3.8, 4) is 11.5 Å². The maximum Gasteiger partial charge on any atom is 0.253 e. The summed E-state index contributed by atoms with van der Waals surface area (Å²) < 4.78 is 37.9. The molecule has 1 fully saturated rings. The molecule has 2 aromatic carbocycles. The predicted octanol–water partition coefficient (Wildman–Crippen LogP) is 2.63. The van der Waals surface area contributed by atoms with Gasteiger partial charge in [-0.15, -0.1) is 0 Å². The highest BCUT2D eigenvalue weighted by Gasteiger charge is 2.27. The zero-order valence-corrected chi connectivity index (χ0v) is 17.5. The molecule has 1 aliphatic rings. The van der Waals surface area contributed by atoms with E-state index in [0.717, 1.165) is 12.8 Å². The highest BCUT2D eigenvalue weighted by atomic mass is 32.2. The standard InChI is InChI=1S/C21H26N2O5S/c1-22(14-15-28-20-11-4-3-10-19(20)27-2)21(24)17-8-7-9-18(16-17)29(25,26)23-12-5-6-13-23/h3-4,7-11,16H,5-6,12-15H2,1-2H3. The van der Waals surface area contributed by atoms with E-state index in [0.29, 0.717) is 36.7 Å². The maximum absolute atomic E-state index is 12.7. The van der Waals surface area contributed by atoms with E-state index in [4.69, 9.17) is 9.47 Å². The van der Waals surface area contributed by atoms with Gasteiger partial charge >= 0.3 is 0 Å². The molecule has 0 aromatic heterocycles. The lowest BCUT2D eigenvalue weighted by Gasteiger charge is -2.19. The number of hydrogen-bond donors (Lipinski definition) is 0. The number of rotatable bonds is 8. The van der Waals surface area contributed by atoms with Crippen LogP contribution in [0.25, 0.3) is 0 Å². The molecule has 0 radical (unpaired) electrons. The zero-order chi connectivity index (χ0) is 20.9. The average molecular weight is 419 g/mol. The summed E-state index contributed by atoms with van der Waals surface area (Å²) in [5.74, 6) is 0.975. The fourth-order valence-corrected chi connectivity index (χ4v) is 4.78. The van der Waals surface area contributed by atoms with Crippen LogP contribution >= 0.6 is 0 Å². The number of sulfonamides is 1. The third-order valence-corrected chi connectivity index (χ3v) is 6.78. The largest absolute Gasteiger partial charge is 0.493 e. The normalized spacial score (nSPS) is 14.6. The van der Waals surface area contributed by atoms with Gasteiger partial charge in [0.05, 0.1) is 18.6 Å². The van der Waals surface area contributed by atoms with Crippen molar-refractivity contribution in [3.05, 3.63) is 54.1 Å². The van der Waals surface area contributed by atoms with Crippen molar-refractivity contribution in [1.82, 2.24) is 9.21 Å². The molecule has 156 valence electrons. The van der Waals surface area contributed by atoms with Gasteiger partial charge < -0.3 is 14.4 Å². The fraction of sp³-hybridized carbons (Fsp3) is 0.381.